The second kappa shape index (κ2) is 12.4. The molecule has 0 saturated heterocycles. The van der Waals surface area contributed by atoms with Gasteiger partial charge in [0, 0.05) is 0 Å². The highest BCUT2D eigenvalue weighted by atomic mass is 32.2. The molecule has 0 fully saturated rings. The zero-order valence-corrected chi connectivity index (χ0v) is 12.1. The Morgan fingerprint density at radius 3 is 1.40 bits per heavy atom. The van der Waals surface area contributed by atoms with E-state index in [2.05, 4.69) is 19.4 Å². The summed E-state index contributed by atoms with van der Waals surface area (Å²) in [4.78, 5) is 0. The molecule has 0 nitrogen and oxygen atoms in total. The third-order valence-electron chi connectivity index (χ3n) is 2.96. The molecule has 0 bridgehead atoms. The highest BCUT2D eigenvalue weighted by molar-refractivity contribution is 8.15. The van der Waals surface area contributed by atoms with E-state index in [1.165, 1.54) is 70.0 Å². The van der Waals surface area contributed by atoms with E-state index in [0.717, 1.165) is 0 Å². The largest absolute Gasteiger partial charge is 0.259 e. The normalized spacial score (nSPS) is 11.8. The molecule has 0 radical (unpaired) electrons. The first-order valence-corrected chi connectivity index (χ1v) is 9.34. The SMILES string of the molecule is CCCCCCCCCCCC[SH](C)C. The van der Waals surface area contributed by atoms with Gasteiger partial charge in [0.25, 0.3) is 0 Å². The van der Waals surface area contributed by atoms with E-state index < -0.39 is 0 Å². The number of rotatable bonds is 11. The molecule has 1 heteroatoms. The standard InChI is InChI=1S/C14H32S/c1-4-5-6-7-8-9-10-11-12-13-14-15(2)3/h15H,4-14H2,1-3H3. The van der Waals surface area contributed by atoms with Crippen LogP contribution in [0, 0.1) is 0 Å². The molecule has 0 saturated carbocycles. The molecule has 0 unspecified atom stereocenters. The van der Waals surface area contributed by atoms with Crippen molar-refractivity contribution >= 4 is 10.9 Å². The van der Waals surface area contributed by atoms with Gasteiger partial charge in [0.2, 0.25) is 0 Å². The Morgan fingerprint density at radius 1 is 0.600 bits per heavy atom. The lowest BCUT2D eigenvalue weighted by atomic mass is 10.1. The third kappa shape index (κ3) is 14.4. The maximum Gasteiger partial charge on any atom is -0.0258 e. The first-order valence-electron chi connectivity index (χ1n) is 6.92. The molecule has 0 aromatic heterocycles. The van der Waals surface area contributed by atoms with Crippen molar-refractivity contribution in [3.8, 4) is 0 Å². The lowest BCUT2D eigenvalue weighted by Crippen LogP contribution is -1.86. The molecule has 0 aliphatic carbocycles. The molecule has 0 aromatic carbocycles. The summed E-state index contributed by atoms with van der Waals surface area (Å²) in [7, 11) is 0.365. The van der Waals surface area contributed by atoms with Gasteiger partial charge in [-0.3, -0.25) is 10.9 Å². The second-order valence-corrected chi connectivity index (χ2v) is 7.59. The summed E-state index contributed by atoms with van der Waals surface area (Å²) in [6.07, 6.45) is 19.4. The zero-order valence-electron chi connectivity index (χ0n) is 11.2. The van der Waals surface area contributed by atoms with Crippen LogP contribution in [-0.2, 0) is 0 Å². The van der Waals surface area contributed by atoms with Crippen molar-refractivity contribution in [1.29, 1.82) is 0 Å². The van der Waals surface area contributed by atoms with Gasteiger partial charge >= 0.3 is 0 Å². The van der Waals surface area contributed by atoms with Crippen LogP contribution < -0.4 is 0 Å². The fraction of sp³-hybridized carbons (Fsp3) is 1.00. The molecule has 0 heterocycles. The van der Waals surface area contributed by atoms with Gasteiger partial charge in [-0.2, -0.15) is 0 Å². The maximum absolute atomic E-state index is 2.39. The lowest BCUT2D eigenvalue weighted by molar-refractivity contribution is 0.563. The Bertz CT molecular complexity index is 110. The Hall–Kier alpha value is 0.350. The van der Waals surface area contributed by atoms with Crippen LogP contribution in [0.2, 0.25) is 0 Å². The predicted molar refractivity (Wildman–Crippen MR) is 77.5 cm³/mol. The van der Waals surface area contributed by atoms with Crippen molar-refractivity contribution < 1.29 is 0 Å². The average molecular weight is 232 g/mol. The van der Waals surface area contributed by atoms with Crippen LogP contribution in [-0.4, -0.2) is 18.3 Å². The summed E-state index contributed by atoms with van der Waals surface area (Å²) in [5.74, 6) is 1.49. The van der Waals surface area contributed by atoms with E-state index in [1.54, 1.807) is 0 Å². The molecular weight excluding hydrogens is 200 g/mol. The third-order valence-corrected chi connectivity index (χ3v) is 4.17. The van der Waals surface area contributed by atoms with Crippen LogP contribution in [0.15, 0.2) is 0 Å². The first kappa shape index (κ1) is 15.3. The zero-order chi connectivity index (χ0) is 11.4. The summed E-state index contributed by atoms with van der Waals surface area (Å²) in [6, 6.07) is 0. The van der Waals surface area contributed by atoms with E-state index in [0.29, 0.717) is 10.9 Å². The van der Waals surface area contributed by atoms with Gasteiger partial charge in [-0.25, -0.2) is 0 Å². The number of hydrogen-bond acceptors (Lipinski definition) is 0. The summed E-state index contributed by atoms with van der Waals surface area (Å²) < 4.78 is 0. The molecule has 0 aromatic rings. The smallest absolute Gasteiger partial charge is 0.0258 e. The molecule has 0 amide bonds. The number of thiol groups is 1. The minimum Gasteiger partial charge on any atom is -0.259 e. The Balaban J connectivity index is 2.87. The highest BCUT2D eigenvalue weighted by Gasteiger charge is 1.93. The fourth-order valence-electron chi connectivity index (χ4n) is 1.92. The van der Waals surface area contributed by atoms with Crippen molar-refractivity contribution in [2.24, 2.45) is 0 Å². The molecule has 0 aliphatic rings. The Morgan fingerprint density at radius 2 is 1.00 bits per heavy atom. The topological polar surface area (TPSA) is 0 Å². The summed E-state index contributed by atoms with van der Waals surface area (Å²) in [6.45, 7) is 2.29. The predicted octanol–water partition coefficient (Wildman–Crippen LogP) is 5.17. The second-order valence-electron chi connectivity index (χ2n) is 4.99. The van der Waals surface area contributed by atoms with Crippen LogP contribution in [0.25, 0.3) is 0 Å². The van der Waals surface area contributed by atoms with Gasteiger partial charge in [-0.1, -0.05) is 64.7 Å². The number of hydrogen-bond donors (Lipinski definition) is 1. The fourth-order valence-corrected chi connectivity index (χ4v) is 2.77. The quantitative estimate of drug-likeness (QED) is 0.369. The highest BCUT2D eigenvalue weighted by Crippen LogP contribution is 2.17. The summed E-state index contributed by atoms with van der Waals surface area (Å²) >= 11 is 0. The van der Waals surface area contributed by atoms with Crippen molar-refractivity contribution in [2.45, 2.75) is 71.1 Å². The average Bonchev–Trinajstić information content (AvgIpc) is 2.20. The molecule has 0 aliphatic heterocycles. The molecule has 94 valence electrons. The van der Waals surface area contributed by atoms with E-state index >= 15 is 0 Å². The van der Waals surface area contributed by atoms with E-state index in [-0.39, 0.29) is 0 Å². The van der Waals surface area contributed by atoms with E-state index in [1.807, 2.05) is 0 Å². The lowest BCUT2D eigenvalue weighted by Gasteiger charge is -2.07. The van der Waals surface area contributed by atoms with Crippen LogP contribution in [0.1, 0.15) is 71.1 Å². The maximum atomic E-state index is 2.39. The molecule has 15 heavy (non-hydrogen) atoms. The van der Waals surface area contributed by atoms with Gasteiger partial charge < -0.3 is 0 Å². The number of unbranched alkanes of at least 4 members (excludes halogenated alkanes) is 9. The van der Waals surface area contributed by atoms with Crippen LogP contribution in [0.5, 0.6) is 0 Å². The van der Waals surface area contributed by atoms with Gasteiger partial charge in [0.05, 0.1) is 0 Å². The van der Waals surface area contributed by atoms with Gasteiger partial charge in [0.1, 0.15) is 0 Å². The summed E-state index contributed by atoms with van der Waals surface area (Å²) in [5, 5.41) is 0. The monoisotopic (exact) mass is 232 g/mol. The van der Waals surface area contributed by atoms with Crippen molar-refractivity contribution in [3.63, 3.8) is 0 Å². The van der Waals surface area contributed by atoms with Crippen LogP contribution in [0.4, 0.5) is 0 Å². The molecule has 0 atom stereocenters. The molecule has 0 N–H and O–H groups in total. The van der Waals surface area contributed by atoms with Crippen LogP contribution in [0.3, 0.4) is 0 Å². The molecule has 0 rings (SSSR count). The van der Waals surface area contributed by atoms with Crippen molar-refractivity contribution in [1.82, 2.24) is 0 Å². The van der Waals surface area contributed by atoms with E-state index in [9.17, 15) is 0 Å². The Labute approximate surface area is 101 Å². The Kier molecular flexibility index (Phi) is 12.7. The van der Waals surface area contributed by atoms with Gasteiger partial charge in [-0.15, -0.1) is 0 Å². The van der Waals surface area contributed by atoms with Crippen molar-refractivity contribution in [2.75, 3.05) is 18.3 Å². The van der Waals surface area contributed by atoms with Gasteiger partial charge in [0.15, 0.2) is 0 Å². The van der Waals surface area contributed by atoms with E-state index in [4.69, 9.17) is 0 Å². The minimum absolute atomic E-state index is 0.365. The summed E-state index contributed by atoms with van der Waals surface area (Å²) in [5.41, 5.74) is 0. The molecular formula is C14H32S. The van der Waals surface area contributed by atoms with Crippen LogP contribution >= 0.6 is 10.9 Å². The molecule has 0 spiro atoms. The minimum atomic E-state index is 0.365. The first-order chi connectivity index (χ1) is 7.27. The van der Waals surface area contributed by atoms with Crippen molar-refractivity contribution in [3.05, 3.63) is 0 Å². The van der Waals surface area contributed by atoms with Gasteiger partial charge in [-0.05, 0) is 24.7 Å².